The maximum Gasteiger partial charge on any atom is 0.139 e. The standard InChI is InChI=1S/C15H19N3OS/c1-9-7-10(2)17-15(13(9)14(16)20)18(4)8-12-5-6-19-11(12)3/h5-7H,8H2,1-4H3,(H2,16,20). The largest absolute Gasteiger partial charge is 0.469 e. The summed E-state index contributed by atoms with van der Waals surface area (Å²) in [6, 6.07) is 3.96. The second-order valence-electron chi connectivity index (χ2n) is 5.00. The highest BCUT2D eigenvalue weighted by atomic mass is 32.1. The Kier molecular flexibility index (Phi) is 4.09. The number of thiocarbonyl (C=S) groups is 1. The molecule has 0 saturated heterocycles. The van der Waals surface area contributed by atoms with Crippen molar-refractivity contribution in [2.45, 2.75) is 27.3 Å². The first kappa shape index (κ1) is 14.5. The van der Waals surface area contributed by atoms with Crippen molar-refractivity contribution < 1.29 is 4.42 Å². The van der Waals surface area contributed by atoms with E-state index in [4.69, 9.17) is 22.4 Å². The zero-order chi connectivity index (χ0) is 14.9. The van der Waals surface area contributed by atoms with Crippen LogP contribution in [0.5, 0.6) is 0 Å². The van der Waals surface area contributed by atoms with E-state index in [1.165, 1.54) is 0 Å². The van der Waals surface area contributed by atoms with Crippen LogP contribution in [-0.2, 0) is 6.54 Å². The van der Waals surface area contributed by atoms with Crippen LogP contribution in [0.4, 0.5) is 5.82 Å². The van der Waals surface area contributed by atoms with E-state index in [2.05, 4.69) is 4.98 Å². The molecule has 0 unspecified atom stereocenters. The Balaban J connectivity index is 2.41. The average molecular weight is 289 g/mol. The lowest BCUT2D eigenvalue weighted by molar-refractivity contribution is 0.529. The molecule has 0 aromatic carbocycles. The molecular weight excluding hydrogens is 270 g/mol. The Morgan fingerprint density at radius 3 is 2.65 bits per heavy atom. The minimum atomic E-state index is 0.376. The number of nitrogens with two attached hydrogens (primary N) is 1. The lowest BCUT2D eigenvalue weighted by Crippen LogP contribution is -2.24. The van der Waals surface area contributed by atoms with Gasteiger partial charge in [-0.25, -0.2) is 4.98 Å². The second-order valence-corrected chi connectivity index (χ2v) is 5.44. The number of aromatic nitrogens is 1. The molecule has 2 heterocycles. The fourth-order valence-electron chi connectivity index (χ4n) is 2.30. The van der Waals surface area contributed by atoms with E-state index in [-0.39, 0.29) is 0 Å². The van der Waals surface area contributed by atoms with Crippen molar-refractivity contribution in [2.75, 3.05) is 11.9 Å². The van der Waals surface area contributed by atoms with Crippen molar-refractivity contribution in [1.29, 1.82) is 0 Å². The molecule has 0 aliphatic rings. The molecule has 0 amide bonds. The SMILES string of the molecule is Cc1cc(C)c(C(N)=S)c(N(C)Cc2ccoc2C)n1. The Labute approximate surface area is 124 Å². The van der Waals surface area contributed by atoms with Gasteiger partial charge < -0.3 is 15.1 Å². The summed E-state index contributed by atoms with van der Waals surface area (Å²) in [6.45, 7) is 6.63. The molecule has 0 aliphatic heterocycles. The summed E-state index contributed by atoms with van der Waals surface area (Å²) < 4.78 is 5.33. The van der Waals surface area contributed by atoms with Gasteiger partial charge in [0.25, 0.3) is 0 Å². The first-order chi connectivity index (χ1) is 9.40. The van der Waals surface area contributed by atoms with Crippen molar-refractivity contribution in [1.82, 2.24) is 4.98 Å². The third-order valence-corrected chi connectivity index (χ3v) is 3.51. The van der Waals surface area contributed by atoms with Crippen LogP contribution >= 0.6 is 12.2 Å². The molecule has 0 aliphatic carbocycles. The lowest BCUT2D eigenvalue weighted by atomic mass is 10.1. The molecule has 0 fully saturated rings. The summed E-state index contributed by atoms with van der Waals surface area (Å²) >= 11 is 5.17. The zero-order valence-electron chi connectivity index (χ0n) is 12.2. The first-order valence-corrected chi connectivity index (χ1v) is 6.83. The molecule has 2 aromatic rings. The zero-order valence-corrected chi connectivity index (χ0v) is 13.0. The number of hydrogen-bond acceptors (Lipinski definition) is 4. The molecule has 0 spiro atoms. The van der Waals surface area contributed by atoms with Crippen LogP contribution < -0.4 is 10.6 Å². The van der Waals surface area contributed by atoms with E-state index in [9.17, 15) is 0 Å². The van der Waals surface area contributed by atoms with Gasteiger partial charge in [0.2, 0.25) is 0 Å². The van der Waals surface area contributed by atoms with Gasteiger partial charge in [0.05, 0.1) is 11.8 Å². The molecule has 0 atom stereocenters. The summed E-state index contributed by atoms with van der Waals surface area (Å²) in [6.07, 6.45) is 1.70. The second kappa shape index (κ2) is 5.63. The van der Waals surface area contributed by atoms with Crippen molar-refractivity contribution in [3.05, 3.63) is 46.5 Å². The van der Waals surface area contributed by atoms with E-state index in [1.54, 1.807) is 6.26 Å². The van der Waals surface area contributed by atoms with Gasteiger partial charge in [-0.1, -0.05) is 12.2 Å². The van der Waals surface area contributed by atoms with Crippen LogP contribution in [0, 0.1) is 20.8 Å². The molecule has 5 heteroatoms. The predicted molar refractivity (Wildman–Crippen MR) is 85.2 cm³/mol. The highest BCUT2D eigenvalue weighted by molar-refractivity contribution is 7.80. The van der Waals surface area contributed by atoms with E-state index < -0.39 is 0 Å². The summed E-state index contributed by atoms with van der Waals surface area (Å²) in [5, 5.41) is 0. The van der Waals surface area contributed by atoms with Crippen LogP contribution in [0.3, 0.4) is 0 Å². The van der Waals surface area contributed by atoms with Crippen molar-refractivity contribution in [3.63, 3.8) is 0 Å². The van der Waals surface area contributed by atoms with Gasteiger partial charge in [-0.15, -0.1) is 0 Å². The summed E-state index contributed by atoms with van der Waals surface area (Å²) in [5.41, 5.74) is 9.83. The van der Waals surface area contributed by atoms with Crippen LogP contribution in [0.25, 0.3) is 0 Å². The van der Waals surface area contributed by atoms with Crippen molar-refractivity contribution >= 4 is 23.0 Å². The summed E-state index contributed by atoms with van der Waals surface area (Å²) in [4.78, 5) is 7.02. The number of rotatable bonds is 4. The smallest absolute Gasteiger partial charge is 0.139 e. The Hall–Kier alpha value is -1.88. The van der Waals surface area contributed by atoms with Gasteiger partial charge >= 0.3 is 0 Å². The lowest BCUT2D eigenvalue weighted by Gasteiger charge is -2.22. The van der Waals surface area contributed by atoms with Gasteiger partial charge in [0, 0.05) is 24.8 Å². The van der Waals surface area contributed by atoms with Crippen molar-refractivity contribution in [2.24, 2.45) is 5.73 Å². The fraction of sp³-hybridized carbons (Fsp3) is 0.333. The van der Waals surface area contributed by atoms with Gasteiger partial charge in [-0.3, -0.25) is 0 Å². The Bertz CT molecular complexity index is 649. The number of nitrogens with zero attached hydrogens (tertiary/aromatic N) is 2. The molecule has 0 bridgehead atoms. The topological polar surface area (TPSA) is 55.3 Å². The Morgan fingerprint density at radius 1 is 1.40 bits per heavy atom. The third kappa shape index (κ3) is 2.82. The molecule has 106 valence electrons. The van der Waals surface area contributed by atoms with E-state index in [1.807, 2.05) is 44.9 Å². The normalized spacial score (nSPS) is 10.6. The number of hydrogen-bond donors (Lipinski definition) is 1. The predicted octanol–water partition coefficient (Wildman–Crippen LogP) is 2.87. The minimum absolute atomic E-state index is 0.376. The summed E-state index contributed by atoms with van der Waals surface area (Å²) in [7, 11) is 1.98. The van der Waals surface area contributed by atoms with Gasteiger partial charge in [0.15, 0.2) is 0 Å². The molecular formula is C15H19N3OS. The number of furan rings is 1. The minimum Gasteiger partial charge on any atom is -0.469 e. The van der Waals surface area contributed by atoms with Gasteiger partial charge in [-0.05, 0) is 38.5 Å². The number of aryl methyl sites for hydroxylation is 3. The molecule has 0 radical (unpaired) electrons. The highest BCUT2D eigenvalue weighted by Crippen LogP contribution is 2.24. The van der Waals surface area contributed by atoms with Gasteiger partial charge in [-0.2, -0.15) is 0 Å². The highest BCUT2D eigenvalue weighted by Gasteiger charge is 2.16. The number of anilines is 1. The monoisotopic (exact) mass is 289 g/mol. The van der Waals surface area contributed by atoms with Crippen LogP contribution in [0.1, 0.15) is 28.1 Å². The molecule has 4 nitrogen and oxygen atoms in total. The van der Waals surface area contributed by atoms with E-state index in [0.717, 1.165) is 34.0 Å². The molecule has 20 heavy (non-hydrogen) atoms. The van der Waals surface area contributed by atoms with Crippen LogP contribution in [0.15, 0.2) is 22.8 Å². The van der Waals surface area contributed by atoms with Crippen LogP contribution in [-0.4, -0.2) is 17.0 Å². The number of pyridine rings is 1. The molecule has 0 saturated carbocycles. The quantitative estimate of drug-likeness (QED) is 0.877. The van der Waals surface area contributed by atoms with E-state index in [0.29, 0.717) is 11.5 Å². The maximum absolute atomic E-state index is 5.85. The molecule has 2 N–H and O–H groups in total. The molecule has 2 rings (SSSR count). The van der Waals surface area contributed by atoms with Crippen molar-refractivity contribution in [3.8, 4) is 0 Å². The molecule has 2 aromatic heterocycles. The maximum atomic E-state index is 5.85. The fourth-order valence-corrected chi connectivity index (χ4v) is 2.56. The third-order valence-electron chi connectivity index (χ3n) is 3.31. The summed E-state index contributed by atoms with van der Waals surface area (Å²) in [5.74, 6) is 1.73. The Morgan fingerprint density at radius 2 is 2.10 bits per heavy atom. The average Bonchev–Trinajstić information content (AvgIpc) is 2.73. The first-order valence-electron chi connectivity index (χ1n) is 6.42. The van der Waals surface area contributed by atoms with Gasteiger partial charge in [0.1, 0.15) is 16.6 Å². The van der Waals surface area contributed by atoms with Crippen LogP contribution in [0.2, 0.25) is 0 Å². The van der Waals surface area contributed by atoms with E-state index >= 15 is 0 Å².